The molecular weight excluding hydrogens is 342 g/mol. The van der Waals surface area contributed by atoms with Gasteiger partial charge in [0.1, 0.15) is 17.3 Å². The lowest BCUT2D eigenvalue weighted by Crippen LogP contribution is -2.16. The van der Waals surface area contributed by atoms with Gasteiger partial charge in [-0.2, -0.15) is 5.10 Å². The number of aromatic nitrogens is 2. The van der Waals surface area contributed by atoms with Crippen molar-refractivity contribution in [1.29, 1.82) is 0 Å². The lowest BCUT2D eigenvalue weighted by Gasteiger charge is -2.13. The molecule has 1 aromatic heterocycles. The van der Waals surface area contributed by atoms with Crippen LogP contribution in [0.1, 0.15) is 27.2 Å². The van der Waals surface area contributed by atoms with Gasteiger partial charge >= 0.3 is 0 Å². The van der Waals surface area contributed by atoms with Crippen molar-refractivity contribution in [2.24, 2.45) is 0 Å². The molecule has 0 saturated carbocycles. The molecule has 0 atom stereocenters. The maximum Gasteiger partial charge on any atom is 0.260 e. The van der Waals surface area contributed by atoms with Gasteiger partial charge in [-0.05, 0) is 62.2 Å². The second-order valence-corrected chi connectivity index (χ2v) is 6.45. The zero-order valence-corrected chi connectivity index (χ0v) is 16.2. The van der Waals surface area contributed by atoms with Gasteiger partial charge in [0.15, 0.2) is 0 Å². The highest BCUT2D eigenvalue weighted by molar-refractivity contribution is 6.06. The molecular formula is C21H23N3O3. The van der Waals surface area contributed by atoms with Gasteiger partial charge in [0, 0.05) is 6.07 Å². The van der Waals surface area contributed by atoms with E-state index in [1.54, 1.807) is 30.0 Å². The first-order valence-corrected chi connectivity index (χ1v) is 8.60. The lowest BCUT2D eigenvalue weighted by atomic mass is 10.1. The molecule has 0 unspecified atom stereocenters. The van der Waals surface area contributed by atoms with Crippen molar-refractivity contribution in [3.05, 3.63) is 64.8 Å². The van der Waals surface area contributed by atoms with E-state index in [2.05, 4.69) is 16.5 Å². The predicted octanol–water partition coefficient (Wildman–Crippen LogP) is 4.07. The number of carbonyl (C=O) groups is 1. The number of nitrogens with zero attached hydrogens (tertiary/aromatic N) is 2. The van der Waals surface area contributed by atoms with E-state index in [4.69, 9.17) is 9.47 Å². The molecule has 3 rings (SSSR count). The second-order valence-electron chi connectivity index (χ2n) is 6.45. The van der Waals surface area contributed by atoms with Gasteiger partial charge in [-0.3, -0.25) is 4.79 Å². The number of rotatable bonds is 5. The Hall–Kier alpha value is -3.28. The molecule has 0 saturated heterocycles. The van der Waals surface area contributed by atoms with Crippen LogP contribution in [0.25, 0.3) is 5.69 Å². The predicted molar refractivity (Wildman–Crippen MR) is 105 cm³/mol. The van der Waals surface area contributed by atoms with Gasteiger partial charge in [-0.15, -0.1) is 0 Å². The first-order chi connectivity index (χ1) is 12.9. The van der Waals surface area contributed by atoms with E-state index in [-0.39, 0.29) is 5.91 Å². The molecule has 0 aliphatic heterocycles. The summed E-state index contributed by atoms with van der Waals surface area (Å²) >= 11 is 0. The van der Waals surface area contributed by atoms with Crippen LogP contribution < -0.4 is 14.8 Å². The monoisotopic (exact) mass is 365 g/mol. The Labute approximate surface area is 158 Å². The zero-order chi connectivity index (χ0) is 19.6. The summed E-state index contributed by atoms with van der Waals surface area (Å²) in [5, 5.41) is 7.47. The first-order valence-electron chi connectivity index (χ1n) is 8.60. The standard InChI is InChI=1S/C21H23N3O3/c1-13-8-14(2)10-16(9-13)24-20(11-15(3)23-24)22-21(25)18-12-17(26-4)6-7-19(18)27-5/h6-12H,1-5H3,(H,22,25). The van der Waals surface area contributed by atoms with Crippen LogP contribution in [0, 0.1) is 20.8 Å². The van der Waals surface area contributed by atoms with E-state index >= 15 is 0 Å². The van der Waals surface area contributed by atoms with E-state index in [0.717, 1.165) is 22.5 Å². The van der Waals surface area contributed by atoms with Gasteiger partial charge in [-0.1, -0.05) is 6.07 Å². The Morgan fingerprint density at radius 2 is 1.67 bits per heavy atom. The maximum atomic E-state index is 12.9. The first kappa shape index (κ1) is 18.5. The number of ether oxygens (including phenoxy) is 2. The van der Waals surface area contributed by atoms with Crippen molar-refractivity contribution < 1.29 is 14.3 Å². The number of hydrogen-bond acceptors (Lipinski definition) is 4. The molecule has 0 radical (unpaired) electrons. The van der Waals surface area contributed by atoms with Crippen molar-refractivity contribution in [2.75, 3.05) is 19.5 Å². The highest BCUT2D eigenvalue weighted by atomic mass is 16.5. The average Bonchev–Trinajstić information content (AvgIpc) is 3.00. The molecule has 0 fully saturated rings. The summed E-state index contributed by atoms with van der Waals surface area (Å²) in [6, 6.07) is 13.1. The number of hydrogen-bond donors (Lipinski definition) is 1. The maximum absolute atomic E-state index is 12.9. The minimum Gasteiger partial charge on any atom is -0.497 e. The molecule has 1 N–H and O–H groups in total. The van der Waals surface area contributed by atoms with Crippen LogP contribution in [-0.4, -0.2) is 29.9 Å². The summed E-state index contributed by atoms with van der Waals surface area (Å²) in [4.78, 5) is 12.9. The highest BCUT2D eigenvalue weighted by Gasteiger charge is 2.17. The third-order valence-corrected chi connectivity index (χ3v) is 4.18. The van der Waals surface area contributed by atoms with Crippen LogP contribution in [0.15, 0.2) is 42.5 Å². The molecule has 1 heterocycles. The minimum absolute atomic E-state index is 0.295. The molecule has 0 aliphatic rings. The molecule has 3 aromatic rings. The molecule has 0 aliphatic carbocycles. The minimum atomic E-state index is -0.295. The number of anilines is 1. The number of benzene rings is 2. The summed E-state index contributed by atoms with van der Waals surface area (Å²) in [5.41, 5.74) is 4.35. The van der Waals surface area contributed by atoms with E-state index in [9.17, 15) is 4.79 Å². The Kier molecular flexibility index (Phi) is 5.16. The van der Waals surface area contributed by atoms with Crippen molar-refractivity contribution in [3.63, 3.8) is 0 Å². The average molecular weight is 365 g/mol. The third kappa shape index (κ3) is 3.95. The molecule has 6 nitrogen and oxygen atoms in total. The summed E-state index contributed by atoms with van der Waals surface area (Å²) in [6.45, 7) is 5.96. The quantitative estimate of drug-likeness (QED) is 0.740. The van der Waals surface area contributed by atoms with Crippen LogP contribution in [0.4, 0.5) is 5.82 Å². The second kappa shape index (κ2) is 7.53. The van der Waals surface area contributed by atoms with E-state index < -0.39 is 0 Å². The van der Waals surface area contributed by atoms with E-state index in [0.29, 0.717) is 22.9 Å². The Morgan fingerprint density at radius 3 is 2.30 bits per heavy atom. The Balaban J connectivity index is 1.98. The highest BCUT2D eigenvalue weighted by Crippen LogP contribution is 2.26. The topological polar surface area (TPSA) is 65.4 Å². The number of amides is 1. The Morgan fingerprint density at radius 1 is 0.963 bits per heavy atom. The molecule has 6 heteroatoms. The molecule has 27 heavy (non-hydrogen) atoms. The third-order valence-electron chi connectivity index (χ3n) is 4.18. The summed E-state index contributed by atoms with van der Waals surface area (Å²) < 4.78 is 12.3. The zero-order valence-electron chi connectivity index (χ0n) is 16.2. The van der Waals surface area contributed by atoms with Gasteiger partial charge in [0.05, 0.1) is 31.2 Å². The largest absolute Gasteiger partial charge is 0.497 e. The van der Waals surface area contributed by atoms with Crippen LogP contribution in [0.3, 0.4) is 0 Å². The van der Waals surface area contributed by atoms with Crippen molar-refractivity contribution in [2.45, 2.75) is 20.8 Å². The van der Waals surface area contributed by atoms with Gasteiger partial charge in [-0.25, -0.2) is 4.68 Å². The van der Waals surface area contributed by atoms with Crippen molar-refractivity contribution >= 4 is 11.7 Å². The van der Waals surface area contributed by atoms with Crippen LogP contribution in [-0.2, 0) is 0 Å². The number of methoxy groups -OCH3 is 2. The summed E-state index contributed by atoms with van der Waals surface area (Å²) in [6.07, 6.45) is 0. The number of nitrogens with one attached hydrogen (secondary N) is 1. The fourth-order valence-electron chi connectivity index (χ4n) is 3.03. The van der Waals surface area contributed by atoms with E-state index in [1.165, 1.54) is 7.11 Å². The van der Waals surface area contributed by atoms with Crippen LogP contribution in [0.2, 0.25) is 0 Å². The van der Waals surface area contributed by atoms with Crippen molar-refractivity contribution in [1.82, 2.24) is 9.78 Å². The summed E-state index contributed by atoms with van der Waals surface area (Å²) in [7, 11) is 3.09. The molecule has 140 valence electrons. The molecule has 1 amide bonds. The smallest absolute Gasteiger partial charge is 0.260 e. The van der Waals surface area contributed by atoms with E-state index in [1.807, 2.05) is 39.0 Å². The fourth-order valence-corrected chi connectivity index (χ4v) is 3.03. The molecule has 2 aromatic carbocycles. The normalized spacial score (nSPS) is 10.6. The van der Waals surface area contributed by atoms with Gasteiger partial charge < -0.3 is 14.8 Å². The number of aryl methyl sites for hydroxylation is 3. The van der Waals surface area contributed by atoms with Gasteiger partial charge in [0.25, 0.3) is 5.91 Å². The van der Waals surface area contributed by atoms with Crippen LogP contribution in [0.5, 0.6) is 11.5 Å². The molecule has 0 spiro atoms. The van der Waals surface area contributed by atoms with Crippen molar-refractivity contribution in [3.8, 4) is 17.2 Å². The number of carbonyl (C=O) groups excluding carboxylic acids is 1. The van der Waals surface area contributed by atoms with Crippen LogP contribution >= 0.6 is 0 Å². The Bertz CT molecular complexity index is 972. The molecule has 0 bridgehead atoms. The van der Waals surface area contributed by atoms with Gasteiger partial charge in [0.2, 0.25) is 0 Å². The SMILES string of the molecule is COc1ccc(OC)c(C(=O)Nc2cc(C)nn2-c2cc(C)cc(C)c2)c1. The summed E-state index contributed by atoms with van der Waals surface area (Å²) in [5.74, 6) is 1.35. The lowest BCUT2D eigenvalue weighted by molar-refractivity contribution is 0.102. The fraction of sp³-hybridized carbons (Fsp3) is 0.238.